The van der Waals surface area contributed by atoms with Crippen LogP contribution in [0.25, 0.3) is 16.9 Å². The zero-order valence-electron chi connectivity index (χ0n) is 15.8. The molecule has 168 valence electrons. The van der Waals surface area contributed by atoms with Crippen LogP contribution >= 0.6 is 11.6 Å². The highest BCUT2D eigenvalue weighted by atomic mass is 35.5. The zero-order chi connectivity index (χ0) is 23.6. The maximum Gasteiger partial charge on any atom is 0.284 e. The van der Waals surface area contributed by atoms with E-state index in [1.54, 1.807) is 0 Å². The molecule has 3 aromatic rings. The van der Waals surface area contributed by atoms with Crippen molar-refractivity contribution in [3.63, 3.8) is 0 Å². The van der Waals surface area contributed by atoms with E-state index < -0.39 is 47.5 Å². The number of alkyl halides is 3. The van der Waals surface area contributed by atoms with Crippen molar-refractivity contribution in [1.29, 1.82) is 0 Å². The highest BCUT2D eigenvalue weighted by molar-refractivity contribution is 6.30. The third-order valence-electron chi connectivity index (χ3n) is 4.22. The molecule has 0 aliphatic heterocycles. The Labute approximate surface area is 181 Å². The standard InChI is InChI=1S/C20H13ClF5N3O3/c21-10-3-1-9(2-4-10)15-8-14(19(31)27-18(26)16(30)17(24)25)20(32)29(28-15)13-6-11(22)5-12(23)7-13/h1-8,16-18,30H,(H,27,31). The fourth-order valence-corrected chi connectivity index (χ4v) is 2.80. The molecule has 1 aromatic heterocycles. The molecule has 32 heavy (non-hydrogen) atoms. The number of hydrogen-bond acceptors (Lipinski definition) is 4. The number of carbonyl (C=O) groups excluding carboxylic acids is 1. The summed E-state index contributed by atoms with van der Waals surface area (Å²) >= 11 is 5.83. The van der Waals surface area contributed by atoms with Crippen LogP contribution < -0.4 is 10.9 Å². The molecular weight excluding hydrogens is 461 g/mol. The summed E-state index contributed by atoms with van der Waals surface area (Å²) in [4.78, 5) is 25.2. The van der Waals surface area contributed by atoms with Gasteiger partial charge in [0, 0.05) is 16.7 Å². The molecular formula is C20H13ClF5N3O3. The molecule has 2 N–H and O–H groups in total. The van der Waals surface area contributed by atoms with Gasteiger partial charge in [0.25, 0.3) is 17.9 Å². The molecule has 2 atom stereocenters. The molecule has 0 radical (unpaired) electrons. The Morgan fingerprint density at radius 2 is 1.62 bits per heavy atom. The van der Waals surface area contributed by atoms with Crippen molar-refractivity contribution in [2.24, 2.45) is 0 Å². The molecule has 1 amide bonds. The van der Waals surface area contributed by atoms with Crippen molar-refractivity contribution in [2.75, 3.05) is 0 Å². The van der Waals surface area contributed by atoms with Crippen molar-refractivity contribution in [2.45, 2.75) is 18.8 Å². The first kappa shape index (κ1) is 23.4. The second-order valence-corrected chi connectivity index (χ2v) is 6.93. The molecule has 0 bridgehead atoms. The van der Waals surface area contributed by atoms with Gasteiger partial charge in [-0.1, -0.05) is 23.7 Å². The minimum Gasteiger partial charge on any atom is -0.382 e. The minimum absolute atomic E-state index is 0.0547. The molecule has 0 aliphatic carbocycles. The van der Waals surface area contributed by atoms with Crippen LogP contribution in [0.5, 0.6) is 0 Å². The van der Waals surface area contributed by atoms with E-state index in [-0.39, 0.29) is 11.4 Å². The largest absolute Gasteiger partial charge is 0.382 e. The predicted octanol–water partition coefficient (Wildman–Crippen LogP) is 3.48. The molecule has 0 spiro atoms. The van der Waals surface area contributed by atoms with E-state index in [0.717, 1.165) is 18.2 Å². The van der Waals surface area contributed by atoms with Gasteiger partial charge in [-0.25, -0.2) is 22.0 Å². The van der Waals surface area contributed by atoms with Crippen molar-refractivity contribution >= 4 is 17.5 Å². The lowest BCUT2D eigenvalue weighted by atomic mass is 10.1. The van der Waals surface area contributed by atoms with Gasteiger partial charge in [0.05, 0.1) is 11.4 Å². The highest BCUT2D eigenvalue weighted by Gasteiger charge is 2.30. The molecule has 2 aromatic carbocycles. The minimum atomic E-state index is -3.50. The summed E-state index contributed by atoms with van der Waals surface area (Å²) in [6.45, 7) is 0. The number of benzene rings is 2. The zero-order valence-corrected chi connectivity index (χ0v) is 16.5. The van der Waals surface area contributed by atoms with Crippen LogP contribution in [0.1, 0.15) is 10.4 Å². The SMILES string of the molecule is O=C(NC(F)C(O)C(F)F)c1cc(-c2ccc(Cl)cc2)nn(-c2cc(F)cc(F)c2)c1=O. The Kier molecular flexibility index (Phi) is 6.90. The normalized spacial score (nSPS) is 13.1. The summed E-state index contributed by atoms with van der Waals surface area (Å²) in [5, 5.41) is 14.9. The molecule has 1 heterocycles. The molecule has 12 heteroatoms. The van der Waals surface area contributed by atoms with Crippen LogP contribution in [0.4, 0.5) is 22.0 Å². The molecule has 0 saturated heterocycles. The summed E-state index contributed by atoms with van der Waals surface area (Å²) in [6.07, 6.45) is -9.23. The first-order chi connectivity index (χ1) is 15.1. The molecule has 3 rings (SSSR count). The van der Waals surface area contributed by atoms with E-state index in [0.29, 0.717) is 21.3 Å². The fourth-order valence-electron chi connectivity index (χ4n) is 2.67. The third-order valence-corrected chi connectivity index (χ3v) is 4.47. The van der Waals surface area contributed by atoms with Gasteiger partial charge < -0.3 is 10.4 Å². The lowest BCUT2D eigenvalue weighted by Crippen LogP contribution is -2.45. The first-order valence-electron chi connectivity index (χ1n) is 8.84. The topological polar surface area (TPSA) is 84.2 Å². The van der Waals surface area contributed by atoms with Crippen LogP contribution in [0.2, 0.25) is 5.02 Å². The maximum atomic E-state index is 13.8. The summed E-state index contributed by atoms with van der Waals surface area (Å²) in [5.74, 6) is -3.54. The Morgan fingerprint density at radius 3 is 2.19 bits per heavy atom. The summed E-state index contributed by atoms with van der Waals surface area (Å²) in [6, 6.07) is 8.88. The van der Waals surface area contributed by atoms with Gasteiger partial charge in [-0.15, -0.1) is 0 Å². The third kappa shape index (κ3) is 5.11. The van der Waals surface area contributed by atoms with Gasteiger partial charge in [0.15, 0.2) is 6.10 Å². The quantitative estimate of drug-likeness (QED) is 0.424. The molecule has 2 unspecified atom stereocenters. The Hall–Kier alpha value is -3.31. The van der Waals surface area contributed by atoms with Crippen molar-refractivity contribution in [1.82, 2.24) is 15.1 Å². The molecule has 0 saturated carbocycles. The number of nitrogens with zero attached hydrogens (tertiary/aromatic N) is 2. The van der Waals surface area contributed by atoms with E-state index in [1.165, 1.54) is 29.6 Å². The van der Waals surface area contributed by atoms with Crippen LogP contribution in [0.3, 0.4) is 0 Å². The smallest absolute Gasteiger partial charge is 0.284 e. The van der Waals surface area contributed by atoms with E-state index in [1.807, 2.05) is 0 Å². The van der Waals surface area contributed by atoms with E-state index in [4.69, 9.17) is 16.7 Å². The number of nitrogens with one attached hydrogen (secondary N) is 1. The lowest BCUT2D eigenvalue weighted by molar-refractivity contribution is -0.0551. The number of rotatable bonds is 6. The number of aliphatic hydroxyl groups is 1. The van der Waals surface area contributed by atoms with Gasteiger partial charge in [-0.05, 0) is 30.3 Å². The Bertz CT molecular complexity index is 1180. The Balaban J connectivity index is 2.15. The number of aromatic nitrogens is 2. The fraction of sp³-hybridized carbons (Fsp3) is 0.150. The monoisotopic (exact) mass is 473 g/mol. The van der Waals surface area contributed by atoms with Crippen molar-refractivity contribution in [3.05, 3.63) is 81.1 Å². The number of carbonyl (C=O) groups is 1. The van der Waals surface area contributed by atoms with E-state index in [9.17, 15) is 31.5 Å². The van der Waals surface area contributed by atoms with E-state index >= 15 is 0 Å². The number of halogens is 6. The first-order valence-corrected chi connectivity index (χ1v) is 9.22. The van der Waals surface area contributed by atoms with Crippen LogP contribution in [0.15, 0.2) is 53.3 Å². The Morgan fingerprint density at radius 1 is 1.03 bits per heavy atom. The maximum absolute atomic E-state index is 13.8. The van der Waals surface area contributed by atoms with Crippen LogP contribution in [-0.2, 0) is 0 Å². The van der Waals surface area contributed by atoms with E-state index in [2.05, 4.69) is 5.10 Å². The highest BCUT2D eigenvalue weighted by Crippen LogP contribution is 2.21. The predicted molar refractivity (Wildman–Crippen MR) is 105 cm³/mol. The molecule has 6 nitrogen and oxygen atoms in total. The molecule has 0 aliphatic rings. The summed E-state index contributed by atoms with van der Waals surface area (Å²) < 4.78 is 66.7. The van der Waals surface area contributed by atoms with Gasteiger partial charge >= 0.3 is 0 Å². The van der Waals surface area contributed by atoms with Crippen LogP contribution in [-0.4, -0.2) is 39.6 Å². The lowest BCUT2D eigenvalue weighted by Gasteiger charge is -2.17. The summed E-state index contributed by atoms with van der Waals surface area (Å²) in [7, 11) is 0. The van der Waals surface area contributed by atoms with Gasteiger partial charge in [0.1, 0.15) is 17.2 Å². The number of amides is 1. The number of aliphatic hydroxyl groups excluding tert-OH is 1. The number of hydrogen-bond donors (Lipinski definition) is 2. The molecule has 0 fully saturated rings. The second kappa shape index (κ2) is 9.45. The van der Waals surface area contributed by atoms with Crippen molar-refractivity contribution in [3.8, 4) is 16.9 Å². The van der Waals surface area contributed by atoms with Gasteiger partial charge in [-0.3, -0.25) is 9.59 Å². The summed E-state index contributed by atoms with van der Waals surface area (Å²) in [5.41, 5.74) is -2.12. The van der Waals surface area contributed by atoms with Crippen molar-refractivity contribution < 1.29 is 31.9 Å². The van der Waals surface area contributed by atoms with Crippen LogP contribution in [0, 0.1) is 11.6 Å². The van der Waals surface area contributed by atoms with Gasteiger partial charge in [-0.2, -0.15) is 9.78 Å². The van der Waals surface area contributed by atoms with Gasteiger partial charge in [0.2, 0.25) is 6.30 Å². The second-order valence-electron chi connectivity index (χ2n) is 6.50. The average Bonchev–Trinajstić information content (AvgIpc) is 2.73. The average molecular weight is 474 g/mol.